The Morgan fingerprint density at radius 2 is 2.19 bits per heavy atom. The van der Waals surface area contributed by atoms with Gasteiger partial charge in [0.15, 0.2) is 0 Å². The zero-order valence-electron chi connectivity index (χ0n) is 8.18. The van der Waals surface area contributed by atoms with Gasteiger partial charge in [-0.05, 0) is 22.8 Å². The number of carbonyl (C=O) groups excluding carboxylic acids is 2. The van der Waals surface area contributed by atoms with Crippen molar-refractivity contribution in [2.45, 2.75) is 6.92 Å². The molecular formula is C9H6ClN3O3. The molecule has 1 aromatic carbocycles. The number of hydrogen-bond donors (Lipinski definition) is 0. The van der Waals surface area contributed by atoms with Crippen molar-refractivity contribution in [3.05, 3.63) is 39.2 Å². The first kappa shape index (κ1) is 12.0. The van der Waals surface area contributed by atoms with Gasteiger partial charge in [-0.15, -0.1) is 0 Å². The first-order valence-electron chi connectivity index (χ1n) is 4.12. The van der Waals surface area contributed by atoms with Gasteiger partial charge in [-0.1, -0.05) is 11.6 Å². The second-order valence-electron chi connectivity index (χ2n) is 2.73. The Balaban J connectivity index is 3.21. The number of azide groups is 1. The van der Waals surface area contributed by atoms with Gasteiger partial charge < -0.3 is 4.74 Å². The summed E-state index contributed by atoms with van der Waals surface area (Å²) in [7, 11) is 0. The molecule has 0 spiro atoms. The number of rotatable bonds is 2. The fourth-order valence-corrected chi connectivity index (χ4v) is 1.17. The fourth-order valence-electron chi connectivity index (χ4n) is 1.01. The topological polar surface area (TPSA) is 92.1 Å². The molecule has 0 radical (unpaired) electrons. The van der Waals surface area contributed by atoms with Crippen LogP contribution in [-0.4, -0.2) is 11.9 Å². The molecular weight excluding hydrogens is 234 g/mol. The van der Waals surface area contributed by atoms with Crippen LogP contribution in [0.25, 0.3) is 10.4 Å². The minimum Gasteiger partial charge on any atom is -0.426 e. The first-order valence-corrected chi connectivity index (χ1v) is 4.50. The van der Waals surface area contributed by atoms with Gasteiger partial charge in [0.1, 0.15) is 5.75 Å². The van der Waals surface area contributed by atoms with Crippen LogP contribution in [0.15, 0.2) is 23.3 Å². The number of amides is 1. The number of carbonyl (C=O) groups is 2. The smallest absolute Gasteiger partial charge is 0.308 e. The van der Waals surface area contributed by atoms with Crippen LogP contribution in [0.2, 0.25) is 5.02 Å². The molecule has 0 unspecified atom stereocenters. The van der Waals surface area contributed by atoms with Crippen molar-refractivity contribution in [1.82, 2.24) is 0 Å². The Morgan fingerprint density at radius 3 is 2.75 bits per heavy atom. The number of hydrogen-bond acceptors (Lipinski definition) is 3. The molecule has 0 saturated heterocycles. The quantitative estimate of drug-likeness (QED) is 0.261. The molecule has 0 aliphatic rings. The molecule has 1 amide bonds. The molecule has 0 atom stereocenters. The van der Waals surface area contributed by atoms with Gasteiger partial charge in [0.25, 0.3) is 5.91 Å². The molecule has 0 aliphatic heterocycles. The maximum atomic E-state index is 11.3. The van der Waals surface area contributed by atoms with Crippen molar-refractivity contribution in [1.29, 1.82) is 0 Å². The molecule has 0 saturated carbocycles. The standard InChI is InChI=1S/C9H6ClN3O3/c1-5(14)16-8-4-6(10)2-3-7(8)9(15)12-13-11/h2-4H,1H3. The van der Waals surface area contributed by atoms with E-state index in [2.05, 4.69) is 10.0 Å². The van der Waals surface area contributed by atoms with E-state index in [0.29, 0.717) is 5.02 Å². The summed E-state index contributed by atoms with van der Waals surface area (Å²) in [6.07, 6.45) is 0. The highest BCUT2D eigenvalue weighted by atomic mass is 35.5. The summed E-state index contributed by atoms with van der Waals surface area (Å²) < 4.78 is 4.77. The average molecular weight is 240 g/mol. The largest absolute Gasteiger partial charge is 0.426 e. The molecule has 1 rings (SSSR count). The number of ether oxygens (including phenoxy) is 1. The summed E-state index contributed by atoms with van der Waals surface area (Å²) in [6, 6.07) is 4.04. The summed E-state index contributed by atoms with van der Waals surface area (Å²) in [4.78, 5) is 24.4. The Labute approximate surface area is 95.4 Å². The van der Waals surface area contributed by atoms with E-state index in [1.165, 1.54) is 25.1 Å². The van der Waals surface area contributed by atoms with E-state index in [1.54, 1.807) is 0 Å². The van der Waals surface area contributed by atoms with Gasteiger partial charge in [-0.2, -0.15) is 0 Å². The van der Waals surface area contributed by atoms with Crippen molar-refractivity contribution < 1.29 is 14.3 Å². The minimum absolute atomic E-state index is 0.0163. The van der Waals surface area contributed by atoms with E-state index in [4.69, 9.17) is 21.9 Å². The van der Waals surface area contributed by atoms with Crippen molar-refractivity contribution in [2.75, 3.05) is 0 Å². The summed E-state index contributed by atoms with van der Waals surface area (Å²) in [5, 5.41) is 3.20. The molecule has 82 valence electrons. The highest BCUT2D eigenvalue weighted by molar-refractivity contribution is 6.30. The molecule has 0 aromatic heterocycles. The van der Waals surface area contributed by atoms with Crippen LogP contribution in [0.3, 0.4) is 0 Å². The van der Waals surface area contributed by atoms with Crippen molar-refractivity contribution in [3.63, 3.8) is 0 Å². The minimum atomic E-state index is -0.838. The highest BCUT2D eigenvalue weighted by Crippen LogP contribution is 2.24. The lowest BCUT2D eigenvalue weighted by molar-refractivity contribution is -0.131. The fraction of sp³-hybridized carbons (Fsp3) is 0.111. The van der Waals surface area contributed by atoms with Crippen molar-refractivity contribution >= 4 is 23.5 Å². The van der Waals surface area contributed by atoms with Gasteiger partial charge in [0, 0.05) is 22.9 Å². The van der Waals surface area contributed by atoms with Crippen LogP contribution >= 0.6 is 11.6 Å². The van der Waals surface area contributed by atoms with Crippen LogP contribution in [0, 0.1) is 0 Å². The van der Waals surface area contributed by atoms with E-state index in [9.17, 15) is 9.59 Å². The average Bonchev–Trinajstić information content (AvgIpc) is 2.16. The Hall–Kier alpha value is -2.04. The molecule has 0 aliphatic carbocycles. The molecule has 1 aromatic rings. The van der Waals surface area contributed by atoms with Gasteiger partial charge in [0.05, 0.1) is 5.56 Å². The zero-order valence-corrected chi connectivity index (χ0v) is 8.93. The predicted octanol–water partition coefficient (Wildman–Crippen LogP) is 2.72. The highest BCUT2D eigenvalue weighted by Gasteiger charge is 2.13. The van der Waals surface area contributed by atoms with Crippen molar-refractivity contribution in [3.8, 4) is 5.75 Å². The summed E-state index contributed by atoms with van der Waals surface area (Å²) in [5.74, 6) is -1.47. The second kappa shape index (κ2) is 5.16. The van der Waals surface area contributed by atoms with Crippen LogP contribution < -0.4 is 4.74 Å². The molecule has 0 heterocycles. The van der Waals surface area contributed by atoms with Gasteiger partial charge in [-0.25, -0.2) is 0 Å². The van der Waals surface area contributed by atoms with Crippen LogP contribution in [-0.2, 0) is 4.79 Å². The maximum Gasteiger partial charge on any atom is 0.308 e. The Morgan fingerprint density at radius 1 is 1.50 bits per heavy atom. The maximum absolute atomic E-state index is 11.3. The molecule has 0 N–H and O–H groups in total. The zero-order chi connectivity index (χ0) is 12.1. The van der Waals surface area contributed by atoms with Crippen LogP contribution in [0.5, 0.6) is 5.75 Å². The third kappa shape index (κ3) is 2.98. The van der Waals surface area contributed by atoms with Gasteiger partial charge in [-0.3, -0.25) is 9.59 Å². The van der Waals surface area contributed by atoms with E-state index >= 15 is 0 Å². The normalized spacial score (nSPS) is 9.12. The lowest BCUT2D eigenvalue weighted by Crippen LogP contribution is -2.06. The number of halogens is 1. The molecule has 16 heavy (non-hydrogen) atoms. The molecule has 0 bridgehead atoms. The van der Waals surface area contributed by atoms with Gasteiger partial charge in [0.2, 0.25) is 0 Å². The monoisotopic (exact) mass is 239 g/mol. The number of nitrogens with zero attached hydrogens (tertiary/aromatic N) is 3. The second-order valence-corrected chi connectivity index (χ2v) is 3.17. The third-order valence-corrected chi connectivity index (χ3v) is 1.80. The number of benzene rings is 1. The lowest BCUT2D eigenvalue weighted by Gasteiger charge is -2.05. The molecule has 6 nitrogen and oxygen atoms in total. The van der Waals surface area contributed by atoms with Gasteiger partial charge >= 0.3 is 5.97 Å². The van der Waals surface area contributed by atoms with E-state index < -0.39 is 11.9 Å². The van der Waals surface area contributed by atoms with E-state index in [1.807, 2.05) is 0 Å². The Bertz CT molecular complexity index is 495. The Kier molecular flexibility index (Phi) is 3.88. The van der Waals surface area contributed by atoms with E-state index in [-0.39, 0.29) is 11.3 Å². The summed E-state index contributed by atoms with van der Waals surface area (Å²) in [5.41, 5.74) is 8.11. The predicted molar refractivity (Wildman–Crippen MR) is 56.2 cm³/mol. The summed E-state index contributed by atoms with van der Waals surface area (Å²) in [6.45, 7) is 1.18. The first-order chi connectivity index (χ1) is 7.54. The number of esters is 1. The van der Waals surface area contributed by atoms with Crippen LogP contribution in [0.1, 0.15) is 17.3 Å². The van der Waals surface area contributed by atoms with E-state index in [0.717, 1.165) is 0 Å². The van der Waals surface area contributed by atoms with Crippen LogP contribution in [0.4, 0.5) is 0 Å². The third-order valence-electron chi connectivity index (χ3n) is 1.56. The SMILES string of the molecule is CC(=O)Oc1cc(Cl)ccc1C(=O)N=[N+]=[N-]. The van der Waals surface area contributed by atoms with Crippen molar-refractivity contribution in [2.24, 2.45) is 5.11 Å². The summed E-state index contributed by atoms with van der Waals surface area (Å²) >= 11 is 5.68. The molecule has 0 fully saturated rings. The molecule has 7 heteroatoms. The lowest BCUT2D eigenvalue weighted by atomic mass is 10.2.